The second-order valence-corrected chi connectivity index (χ2v) is 8.70. The molecule has 3 atom stereocenters. The number of carbonyl (C=O) groups is 1. The fraction of sp³-hybridized carbons (Fsp3) is 0.609. The van der Waals surface area contributed by atoms with Crippen LogP contribution < -0.4 is 5.32 Å². The first-order valence-corrected chi connectivity index (χ1v) is 10.2. The van der Waals surface area contributed by atoms with Gasteiger partial charge in [-0.15, -0.1) is 0 Å². The van der Waals surface area contributed by atoms with Crippen LogP contribution in [0.2, 0.25) is 0 Å². The Bertz CT molecular complexity index is 724. The van der Waals surface area contributed by atoms with Crippen molar-refractivity contribution in [2.24, 2.45) is 23.7 Å². The molecular weight excluding hydrogens is 338 g/mol. The highest BCUT2D eigenvalue weighted by atomic mass is 16.5. The van der Waals surface area contributed by atoms with Gasteiger partial charge in [-0.05, 0) is 53.9 Å². The van der Waals surface area contributed by atoms with Crippen LogP contribution in [0.25, 0.3) is 0 Å². The summed E-state index contributed by atoms with van der Waals surface area (Å²) in [6.07, 6.45) is 8.88. The van der Waals surface area contributed by atoms with E-state index in [1.54, 1.807) is 7.11 Å². The number of hydrogen-bond donors (Lipinski definition) is 2. The van der Waals surface area contributed by atoms with Gasteiger partial charge < -0.3 is 15.2 Å². The Morgan fingerprint density at radius 2 is 2.04 bits per heavy atom. The summed E-state index contributed by atoms with van der Waals surface area (Å²) in [5.74, 6) is 2.49. The molecule has 3 aliphatic rings. The molecule has 3 rings (SSSR count). The quantitative estimate of drug-likeness (QED) is 0.569. The number of aliphatic hydroxyl groups excluding tert-OH is 1. The smallest absolute Gasteiger partial charge is 0.247 e. The molecule has 1 saturated heterocycles. The fourth-order valence-electron chi connectivity index (χ4n) is 4.62. The van der Waals surface area contributed by atoms with Crippen molar-refractivity contribution < 1.29 is 14.6 Å². The van der Waals surface area contributed by atoms with Gasteiger partial charge in [0.25, 0.3) is 0 Å². The Morgan fingerprint density at radius 3 is 2.63 bits per heavy atom. The van der Waals surface area contributed by atoms with E-state index in [2.05, 4.69) is 51.2 Å². The van der Waals surface area contributed by atoms with Crippen molar-refractivity contribution in [2.75, 3.05) is 13.7 Å². The third kappa shape index (κ3) is 3.91. The SMILES string of the molecule is COC1=C(C(C)C)C=C(/C=C2/C(=O)N[C@H]3CC=C(CO)C[C@@H]23)CC1C(C)C. The summed E-state index contributed by atoms with van der Waals surface area (Å²) in [4.78, 5) is 12.6. The maximum absolute atomic E-state index is 12.6. The lowest BCUT2D eigenvalue weighted by Crippen LogP contribution is -2.30. The molecule has 1 unspecified atom stereocenters. The molecular formula is C23H33NO3. The largest absolute Gasteiger partial charge is 0.500 e. The van der Waals surface area contributed by atoms with Crippen LogP contribution in [-0.4, -0.2) is 30.8 Å². The van der Waals surface area contributed by atoms with Crippen LogP contribution >= 0.6 is 0 Å². The number of rotatable bonds is 5. The molecule has 2 aliphatic carbocycles. The Kier molecular flexibility index (Phi) is 5.95. The van der Waals surface area contributed by atoms with Crippen molar-refractivity contribution in [2.45, 2.75) is 53.0 Å². The third-order valence-corrected chi connectivity index (χ3v) is 6.21. The Balaban J connectivity index is 1.96. The molecule has 0 radical (unpaired) electrons. The molecule has 4 nitrogen and oxygen atoms in total. The van der Waals surface area contributed by atoms with E-state index in [1.807, 2.05) is 0 Å². The van der Waals surface area contributed by atoms with Crippen molar-refractivity contribution in [1.29, 1.82) is 0 Å². The second-order valence-electron chi connectivity index (χ2n) is 8.70. The second kappa shape index (κ2) is 8.05. The van der Waals surface area contributed by atoms with Crippen LogP contribution in [0.1, 0.15) is 47.0 Å². The van der Waals surface area contributed by atoms with Gasteiger partial charge in [0, 0.05) is 23.5 Å². The van der Waals surface area contributed by atoms with Crippen LogP contribution in [-0.2, 0) is 9.53 Å². The lowest BCUT2D eigenvalue weighted by Gasteiger charge is -2.31. The van der Waals surface area contributed by atoms with Gasteiger partial charge in [0.15, 0.2) is 0 Å². The van der Waals surface area contributed by atoms with E-state index in [1.165, 1.54) is 11.1 Å². The van der Waals surface area contributed by atoms with E-state index in [4.69, 9.17) is 4.74 Å². The number of ether oxygens (including phenoxy) is 1. The number of nitrogens with one attached hydrogen (secondary N) is 1. The zero-order valence-corrected chi connectivity index (χ0v) is 17.2. The van der Waals surface area contributed by atoms with E-state index in [-0.39, 0.29) is 24.5 Å². The van der Waals surface area contributed by atoms with E-state index < -0.39 is 0 Å². The van der Waals surface area contributed by atoms with Crippen LogP contribution in [0.3, 0.4) is 0 Å². The average molecular weight is 372 g/mol. The van der Waals surface area contributed by atoms with Gasteiger partial charge in [-0.25, -0.2) is 0 Å². The highest BCUT2D eigenvalue weighted by Crippen LogP contribution is 2.40. The Morgan fingerprint density at radius 1 is 1.30 bits per heavy atom. The zero-order valence-electron chi connectivity index (χ0n) is 17.2. The van der Waals surface area contributed by atoms with E-state index in [9.17, 15) is 9.90 Å². The van der Waals surface area contributed by atoms with Crippen LogP contribution in [0.15, 0.2) is 46.3 Å². The van der Waals surface area contributed by atoms with Gasteiger partial charge in [-0.2, -0.15) is 0 Å². The monoisotopic (exact) mass is 371 g/mol. The summed E-state index contributed by atoms with van der Waals surface area (Å²) in [5.41, 5.74) is 4.37. The highest BCUT2D eigenvalue weighted by molar-refractivity contribution is 5.97. The normalized spacial score (nSPS) is 29.9. The van der Waals surface area contributed by atoms with Crippen molar-refractivity contribution in [3.05, 3.63) is 46.3 Å². The van der Waals surface area contributed by atoms with Gasteiger partial charge in [0.2, 0.25) is 5.91 Å². The summed E-state index contributed by atoms with van der Waals surface area (Å²) < 4.78 is 5.79. The minimum atomic E-state index is 0.0483. The number of amides is 1. The first kappa shape index (κ1) is 19.9. The maximum atomic E-state index is 12.6. The molecule has 0 aromatic rings. The summed E-state index contributed by atoms with van der Waals surface area (Å²) in [6.45, 7) is 8.93. The van der Waals surface area contributed by atoms with Crippen molar-refractivity contribution in [3.8, 4) is 0 Å². The molecule has 1 aliphatic heterocycles. The van der Waals surface area contributed by atoms with Crippen molar-refractivity contribution >= 4 is 5.91 Å². The van der Waals surface area contributed by atoms with E-state index in [0.29, 0.717) is 17.8 Å². The minimum Gasteiger partial charge on any atom is -0.500 e. The number of fused-ring (bicyclic) bond motifs is 1. The molecule has 148 valence electrons. The number of methoxy groups -OCH3 is 1. The number of aliphatic hydroxyl groups is 1. The molecule has 0 saturated carbocycles. The average Bonchev–Trinajstić information content (AvgIpc) is 2.95. The third-order valence-electron chi connectivity index (χ3n) is 6.21. The molecule has 27 heavy (non-hydrogen) atoms. The highest BCUT2D eigenvalue weighted by Gasteiger charge is 2.39. The molecule has 2 N–H and O–H groups in total. The molecule has 0 spiro atoms. The van der Waals surface area contributed by atoms with Gasteiger partial charge in [0.05, 0.1) is 13.7 Å². The molecule has 0 aromatic heterocycles. The number of allylic oxidation sites excluding steroid dienone is 5. The predicted octanol–water partition coefficient (Wildman–Crippen LogP) is 3.90. The Hall–Kier alpha value is -1.81. The van der Waals surface area contributed by atoms with Crippen molar-refractivity contribution in [1.82, 2.24) is 5.32 Å². The first-order valence-electron chi connectivity index (χ1n) is 10.2. The minimum absolute atomic E-state index is 0.0483. The lowest BCUT2D eigenvalue weighted by molar-refractivity contribution is -0.116. The predicted molar refractivity (Wildman–Crippen MR) is 108 cm³/mol. The van der Waals surface area contributed by atoms with Crippen LogP contribution in [0.4, 0.5) is 0 Å². The van der Waals surface area contributed by atoms with Gasteiger partial charge in [-0.1, -0.05) is 39.8 Å². The fourth-order valence-corrected chi connectivity index (χ4v) is 4.62. The zero-order chi connectivity index (χ0) is 19.7. The van der Waals surface area contributed by atoms with Crippen molar-refractivity contribution in [3.63, 3.8) is 0 Å². The van der Waals surface area contributed by atoms with Gasteiger partial charge in [0.1, 0.15) is 5.76 Å². The molecule has 1 heterocycles. The number of carbonyl (C=O) groups excluding carboxylic acids is 1. The van der Waals surface area contributed by atoms with Gasteiger partial charge in [-0.3, -0.25) is 4.79 Å². The molecule has 1 fully saturated rings. The van der Waals surface area contributed by atoms with E-state index in [0.717, 1.165) is 36.2 Å². The number of hydrogen-bond acceptors (Lipinski definition) is 3. The summed E-state index contributed by atoms with van der Waals surface area (Å²) in [5, 5.41) is 12.6. The standard InChI is InChI=1S/C23H33NO3/c1-13(2)17-9-16(10-18(14(3)4)22(17)27-5)11-20-19-8-15(12-25)6-7-21(19)24-23(20)26/h6,9,11,13-14,18-19,21,25H,7-8,10,12H2,1-5H3,(H,24,26)/b20-11+/t18?,19-,21-/m0/s1. The van der Waals surface area contributed by atoms with E-state index >= 15 is 0 Å². The maximum Gasteiger partial charge on any atom is 0.247 e. The molecule has 4 heteroatoms. The summed E-state index contributed by atoms with van der Waals surface area (Å²) in [6, 6.07) is 0.166. The first-order chi connectivity index (χ1) is 12.8. The summed E-state index contributed by atoms with van der Waals surface area (Å²) in [7, 11) is 1.77. The molecule has 1 amide bonds. The molecule has 0 aromatic carbocycles. The lowest BCUT2D eigenvalue weighted by atomic mass is 9.77. The topological polar surface area (TPSA) is 58.6 Å². The summed E-state index contributed by atoms with van der Waals surface area (Å²) >= 11 is 0. The van der Waals surface area contributed by atoms with Crippen LogP contribution in [0.5, 0.6) is 0 Å². The molecule has 0 bridgehead atoms. The van der Waals surface area contributed by atoms with Gasteiger partial charge >= 0.3 is 0 Å². The Labute approximate surface area is 163 Å². The van der Waals surface area contributed by atoms with Crippen LogP contribution in [0, 0.1) is 23.7 Å².